The molecule has 0 unspecified atom stereocenters. The Labute approximate surface area is 177 Å². The molecule has 0 aliphatic heterocycles. The molecule has 0 fully saturated rings. The Kier molecular flexibility index (Phi) is 7.20. The molecule has 0 N–H and O–H groups in total. The van der Waals surface area contributed by atoms with Crippen LogP contribution in [0.15, 0.2) is 60.7 Å². The van der Waals surface area contributed by atoms with Crippen LogP contribution in [-0.2, 0) is 16.0 Å². The number of carbonyl (C=O) groups excluding carboxylic acids is 2. The van der Waals surface area contributed by atoms with Gasteiger partial charge in [-0.15, -0.1) is 0 Å². The fourth-order valence-corrected chi connectivity index (χ4v) is 3.61. The van der Waals surface area contributed by atoms with Crippen LogP contribution in [0.5, 0.6) is 0 Å². The minimum Gasteiger partial charge on any atom is -0.454 e. The third-order valence-electron chi connectivity index (χ3n) is 5.17. The molecule has 0 atom stereocenters. The lowest BCUT2D eigenvalue weighted by molar-refractivity contribution is 0.0475. The molecule has 2 aromatic carbocycles. The van der Waals surface area contributed by atoms with Crippen molar-refractivity contribution in [2.24, 2.45) is 0 Å². The number of hydrogen-bond acceptors (Lipinski definition) is 4. The maximum absolute atomic E-state index is 12.7. The van der Waals surface area contributed by atoms with Gasteiger partial charge in [0, 0.05) is 37.2 Å². The molecule has 3 rings (SSSR count). The second-order valence-electron chi connectivity index (χ2n) is 7.19. The highest BCUT2D eigenvalue weighted by Gasteiger charge is 2.19. The van der Waals surface area contributed by atoms with Gasteiger partial charge in [0.25, 0.3) is 0 Å². The van der Waals surface area contributed by atoms with Gasteiger partial charge in [-0.05, 0) is 43.5 Å². The topological polar surface area (TPSA) is 57.5 Å². The summed E-state index contributed by atoms with van der Waals surface area (Å²) in [7, 11) is 1.68. The summed E-state index contributed by atoms with van der Waals surface area (Å²) in [5, 5.41) is 0. The van der Waals surface area contributed by atoms with Crippen molar-refractivity contribution in [3.05, 3.63) is 83.2 Å². The number of esters is 1. The number of benzene rings is 2. The predicted octanol–water partition coefficient (Wildman–Crippen LogP) is 4.85. The zero-order valence-electron chi connectivity index (χ0n) is 17.7. The fourth-order valence-electron chi connectivity index (χ4n) is 3.61. The van der Waals surface area contributed by atoms with Crippen LogP contribution in [0, 0.1) is 13.8 Å². The Morgan fingerprint density at radius 3 is 2.37 bits per heavy atom. The van der Waals surface area contributed by atoms with Gasteiger partial charge < -0.3 is 14.0 Å². The van der Waals surface area contributed by atoms with Gasteiger partial charge in [-0.1, -0.05) is 48.5 Å². The molecule has 0 radical (unpaired) electrons. The first kappa shape index (κ1) is 21.5. The molecule has 5 heteroatoms. The number of ether oxygens (including phenoxy) is 2. The lowest BCUT2D eigenvalue weighted by atomic mass is 10.00. The van der Waals surface area contributed by atoms with E-state index in [2.05, 4.69) is 4.57 Å². The Hall–Kier alpha value is -3.18. The molecule has 0 bridgehead atoms. The van der Waals surface area contributed by atoms with Crippen LogP contribution >= 0.6 is 0 Å². The van der Waals surface area contributed by atoms with Crippen LogP contribution in [0.4, 0.5) is 0 Å². The van der Waals surface area contributed by atoms with Gasteiger partial charge in [-0.25, -0.2) is 4.79 Å². The summed E-state index contributed by atoms with van der Waals surface area (Å²) in [5.41, 5.74) is 4.64. The van der Waals surface area contributed by atoms with Crippen molar-refractivity contribution in [2.75, 3.05) is 20.3 Å². The van der Waals surface area contributed by atoms with E-state index in [0.29, 0.717) is 17.7 Å². The van der Waals surface area contributed by atoms with E-state index in [0.717, 1.165) is 35.5 Å². The normalized spacial score (nSPS) is 10.8. The summed E-state index contributed by atoms with van der Waals surface area (Å²) in [5.74, 6) is -0.705. The molecule has 0 aliphatic rings. The number of hydrogen-bond donors (Lipinski definition) is 0. The van der Waals surface area contributed by atoms with E-state index in [1.165, 1.54) is 0 Å². The molecule has 0 aliphatic carbocycles. The summed E-state index contributed by atoms with van der Waals surface area (Å²) < 4.78 is 12.6. The van der Waals surface area contributed by atoms with Crippen LogP contribution in [-0.4, -0.2) is 36.6 Å². The Bertz CT molecular complexity index is 1020. The van der Waals surface area contributed by atoms with E-state index < -0.39 is 5.97 Å². The van der Waals surface area contributed by atoms with Crippen LogP contribution < -0.4 is 0 Å². The van der Waals surface area contributed by atoms with Crippen LogP contribution in [0.1, 0.15) is 38.5 Å². The fraction of sp³-hybridized carbons (Fsp3) is 0.280. The second kappa shape index (κ2) is 10.0. The molecule has 1 heterocycles. The standard InChI is InChI=1S/C25H27NO4/c1-18-16-23(19(2)26(18)14-9-15-29-3)24(27)17-30-25(28)22-13-8-7-12-21(22)20-10-5-4-6-11-20/h4-8,10-13,16H,9,14-15,17H2,1-3H3. The molecular weight excluding hydrogens is 378 g/mol. The SMILES string of the molecule is COCCCn1c(C)cc(C(=O)COC(=O)c2ccccc2-c2ccccc2)c1C. The summed E-state index contributed by atoms with van der Waals surface area (Å²) in [6.07, 6.45) is 0.867. The van der Waals surface area contributed by atoms with Crippen molar-refractivity contribution in [3.8, 4) is 11.1 Å². The Morgan fingerprint density at radius 1 is 0.933 bits per heavy atom. The number of ketones is 1. The maximum Gasteiger partial charge on any atom is 0.339 e. The molecule has 1 aromatic heterocycles. The lowest BCUT2D eigenvalue weighted by Gasteiger charge is -2.10. The number of Topliss-reactive ketones (excluding diaryl/α,β-unsaturated/α-hetero) is 1. The summed E-state index contributed by atoms with van der Waals surface area (Å²) in [4.78, 5) is 25.4. The minimum atomic E-state index is -0.503. The van der Waals surface area contributed by atoms with Crippen LogP contribution in [0.25, 0.3) is 11.1 Å². The monoisotopic (exact) mass is 405 g/mol. The zero-order chi connectivity index (χ0) is 21.5. The third-order valence-corrected chi connectivity index (χ3v) is 5.17. The van der Waals surface area contributed by atoms with E-state index in [1.54, 1.807) is 19.2 Å². The van der Waals surface area contributed by atoms with Crippen LogP contribution in [0.2, 0.25) is 0 Å². The largest absolute Gasteiger partial charge is 0.454 e. The third kappa shape index (κ3) is 4.86. The summed E-state index contributed by atoms with van der Waals surface area (Å²) in [6, 6.07) is 18.8. The molecule has 3 aromatic rings. The van der Waals surface area contributed by atoms with Crippen molar-refractivity contribution < 1.29 is 19.1 Å². The van der Waals surface area contributed by atoms with Crippen molar-refractivity contribution in [1.82, 2.24) is 4.57 Å². The van der Waals surface area contributed by atoms with Crippen molar-refractivity contribution in [3.63, 3.8) is 0 Å². The molecule has 30 heavy (non-hydrogen) atoms. The van der Waals surface area contributed by atoms with E-state index >= 15 is 0 Å². The van der Waals surface area contributed by atoms with Crippen molar-refractivity contribution in [1.29, 1.82) is 0 Å². The zero-order valence-corrected chi connectivity index (χ0v) is 17.7. The minimum absolute atomic E-state index is 0.202. The molecular formula is C25H27NO4. The summed E-state index contributed by atoms with van der Waals surface area (Å²) >= 11 is 0. The maximum atomic E-state index is 12.7. The van der Waals surface area contributed by atoms with Gasteiger partial charge in [0.2, 0.25) is 5.78 Å². The predicted molar refractivity (Wildman–Crippen MR) is 117 cm³/mol. The molecule has 0 amide bonds. The number of methoxy groups -OCH3 is 1. The highest BCUT2D eigenvalue weighted by atomic mass is 16.5. The van der Waals surface area contributed by atoms with Gasteiger partial charge in [0.15, 0.2) is 6.61 Å². The van der Waals surface area contributed by atoms with Crippen LogP contribution in [0.3, 0.4) is 0 Å². The van der Waals surface area contributed by atoms with Gasteiger partial charge in [0.05, 0.1) is 5.56 Å². The smallest absolute Gasteiger partial charge is 0.339 e. The Balaban J connectivity index is 1.70. The number of rotatable bonds is 9. The van der Waals surface area contributed by atoms with Gasteiger partial charge in [-0.2, -0.15) is 0 Å². The average molecular weight is 405 g/mol. The lowest BCUT2D eigenvalue weighted by Crippen LogP contribution is -2.16. The highest BCUT2D eigenvalue weighted by Crippen LogP contribution is 2.24. The molecule has 0 saturated carbocycles. The van der Waals surface area contributed by atoms with Gasteiger partial charge in [0.1, 0.15) is 0 Å². The quantitative estimate of drug-likeness (QED) is 0.290. The number of carbonyl (C=O) groups is 2. The Morgan fingerprint density at radius 2 is 1.63 bits per heavy atom. The van der Waals surface area contributed by atoms with E-state index in [1.807, 2.05) is 62.4 Å². The van der Waals surface area contributed by atoms with Gasteiger partial charge >= 0.3 is 5.97 Å². The molecule has 5 nitrogen and oxygen atoms in total. The highest BCUT2D eigenvalue weighted by molar-refractivity contribution is 6.02. The molecule has 0 spiro atoms. The summed E-state index contributed by atoms with van der Waals surface area (Å²) in [6.45, 7) is 5.05. The number of nitrogens with zero attached hydrogens (tertiary/aromatic N) is 1. The van der Waals surface area contributed by atoms with Crippen molar-refractivity contribution in [2.45, 2.75) is 26.8 Å². The first-order valence-corrected chi connectivity index (χ1v) is 10.0. The first-order chi connectivity index (χ1) is 14.5. The number of aryl methyl sites for hydroxylation is 1. The first-order valence-electron chi connectivity index (χ1n) is 10.0. The molecule has 0 saturated heterocycles. The van der Waals surface area contributed by atoms with E-state index in [9.17, 15) is 9.59 Å². The molecule has 156 valence electrons. The van der Waals surface area contributed by atoms with Gasteiger partial charge in [-0.3, -0.25) is 4.79 Å². The average Bonchev–Trinajstić information content (AvgIpc) is 3.06. The van der Waals surface area contributed by atoms with Crippen molar-refractivity contribution >= 4 is 11.8 Å². The van der Waals surface area contributed by atoms with E-state index in [4.69, 9.17) is 9.47 Å². The second-order valence-corrected chi connectivity index (χ2v) is 7.19. The van der Waals surface area contributed by atoms with E-state index in [-0.39, 0.29) is 12.4 Å². The number of aromatic nitrogens is 1.